The third-order valence-electron chi connectivity index (χ3n) is 7.53. The second-order valence-electron chi connectivity index (χ2n) is 10.1. The third kappa shape index (κ3) is 6.13. The van der Waals surface area contributed by atoms with Crippen molar-refractivity contribution in [2.45, 2.75) is 64.1 Å². The van der Waals surface area contributed by atoms with Crippen molar-refractivity contribution < 1.29 is 19.1 Å². The minimum Gasteiger partial charge on any atom is -0.493 e. The largest absolute Gasteiger partial charge is 0.493 e. The summed E-state index contributed by atoms with van der Waals surface area (Å²) in [6, 6.07) is 14.9. The zero-order chi connectivity index (χ0) is 27.2. The van der Waals surface area contributed by atoms with Crippen LogP contribution in [-0.2, 0) is 11.3 Å². The topological polar surface area (TPSA) is 109 Å². The summed E-state index contributed by atoms with van der Waals surface area (Å²) in [6.07, 6.45) is 8.89. The van der Waals surface area contributed by atoms with Gasteiger partial charge in [-0.05, 0) is 80.5 Å². The first kappa shape index (κ1) is 26.5. The van der Waals surface area contributed by atoms with E-state index in [1.165, 1.54) is 12.8 Å². The Morgan fingerprint density at radius 2 is 1.92 bits per heavy atom. The smallest absolute Gasteiger partial charge is 0.276 e. The molecule has 204 valence electrons. The third-order valence-corrected chi connectivity index (χ3v) is 7.53. The predicted molar refractivity (Wildman–Crippen MR) is 149 cm³/mol. The Morgan fingerprint density at radius 3 is 2.59 bits per heavy atom. The molecule has 9 nitrogen and oxygen atoms in total. The molecule has 2 unspecified atom stereocenters. The predicted octanol–water partition coefficient (Wildman–Crippen LogP) is 5.20. The summed E-state index contributed by atoms with van der Waals surface area (Å²) in [5.74, 6) is 1.34. The van der Waals surface area contributed by atoms with Crippen LogP contribution in [0.25, 0.3) is 0 Å². The Morgan fingerprint density at radius 1 is 1.13 bits per heavy atom. The van der Waals surface area contributed by atoms with Crippen LogP contribution < -0.4 is 14.8 Å². The number of nitrogens with one attached hydrogen (secondary N) is 2. The number of hydrazone groups is 1. The summed E-state index contributed by atoms with van der Waals surface area (Å²) < 4.78 is 11.9. The van der Waals surface area contributed by atoms with Crippen molar-refractivity contribution in [3.05, 3.63) is 71.5 Å². The minimum absolute atomic E-state index is 0.156. The van der Waals surface area contributed by atoms with Gasteiger partial charge >= 0.3 is 0 Å². The summed E-state index contributed by atoms with van der Waals surface area (Å²) in [5, 5.41) is 16.3. The molecule has 0 spiro atoms. The zero-order valence-corrected chi connectivity index (χ0v) is 22.4. The molecule has 1 aliphatic carbocycles. The molecule has 5 rings (SSSR count). The van der Waals surface area contributed by atoms with Gasteiger partial charge in [-0.3, -0.25) is 14.9 Å². The molecule has 1 saturated carbocycles. The molecule has 2 aromatic carbocycles. The van der Waals surface area contributed by atoms with Crippen LogP contribution in [0.4, 0.5) is 5.69 Å². The number of hydrogen-bond donors (Lipinski definition) is 2. The van der Waals surface area contributed by atoms with E-state index in [4.69, 9.17) is 14.6 Å². The van der Waals surface area contributed by atoms with Crippen molar-refractivity contribution in [2.75, 3.05) is 12.4 Å². The molecule has 0 radical (unpaired) electrons. The lowest BCUT2D eigenvalue weighted by molar-refractivity contribution is -0.113. The quantitative estimate of drug-likeness (QED) is 0.350. The standard InChI is InChI=1S/C30H35N5O4/c1-3-21-16-24(19-36)35(18-20-8-11-23(12-9-20)32-30(37)26-14-15-31-33-26)34-29(21)22-10-13-27(38-2)28(17-22)39-25-6-4-5-7-25/h8-15,17,19,21,24-25H,3-7,16,18H2,1-2H3,(H,31,33)(H,32,37). The van der Waals surface area contributed by atoms with E-state index in [2.05, 4.69) is 22.4 Å². The van der Waals surface area contributed by atoms with Gasteiger partial charge in [0.1, 0.15) is 18.0 Å². The summed E-state index contributed by atoms with van der Waals surface area (Å²) >= 11 is 0. The number of carbonyl (C=O) groups excluding carboxylic acids is 2. The summed E-state index contributed by atoms with van der Waals surface area (Å²) in [6.45, 7) is 2.60. The molecule has 2 N–H and O–H groups in total. The highest BCUT2D eigenvalue weighted by Gasteiger charge is 2.31. The van der Waals surface area contributed by atoms with E-state index in [1.54, 1.807) is 19.4 Å². The Bertz CT molecular complexity index is 1300. The van der Waals surface area contributed by atoms with E-state index < -0.39 is 0 Å². The molecule has 1 aliphatic heterocycles. The number of amides is 1. The number of anilines is 1. The van der Waals surface area contributed by atoms with E-state index in [1.807, 2.05) is 47.5 Å². The first-order chi connectivity index (χ1) is 19.1. The van der Waals surface area contributed by atoms with Crippen LogP contribution in [-0.4, -0.2) is 52.4 Å². The number of nitrogens with zero attached hydrogens (tertiary/aromatic N) is 3. The number of hydrogen-bond acceptors (Lipinski definition) is 7. The Labute approximate surface area is 228 Å². The number of benzene rings is 2. The molecule has 0 bridgehead atoms. The van der Waals surface area contributed by atoms with Crippen molar-refractivity contribution in [2.24, 2.45) is 11.0 Å². The van der Waals surface area contributed by atoms with E-state index in [0.29, 0.717) is 24.3 Å². The highest BCUT2D eigenvalue weighted by Crippen LogP contribution is 2.35. The SMILES string of the molecule is CCC1CC(C=O)N(Cc2ccc(NC(=O)c3cc[nH]n3)cc2)N=C1c1ccc(OC)c(OC2CCCC2)c1. The number of carbonyl (C=O) groups is 2. The monoisotopic (exact) mass is 529 g/mol. The first-order valence-corrected chi connectivity index (χ1v) is 13.6. The fraction of sp³-hybridized carbons (Fsp3) is 0.400. The molecule has 3 aromatic rings. The van der Waals surface area contributed by atoms with Crippen LogP contribution in [0.2, 0.25) is 0 Å². The molecule has 0 saturated heterocycles. The van der Waals surface area contributed by atoms with Gasteiger partial charge in [0.25, 0.3) is 5.91 Å². The van der Waals surface area contributed by atoms with Gasteiger partial charge in [0.05, 0.1) is 25.5 Å². The van der Waals surface area contributed by atoms with Gasteiger partial charge in [-0.1, -0.05) is 19.1 Å². The number of ether oxygens (including phenoxy) is 2. The molecular weight excluding hydrogens is 494 g/mol. The van der Waals surface area contributed by atoms with Gasteiger partial charge in [-0.15, -0.1) is 0 Å². The molecule has 39 heavy (non-hydrogen) atoms. The average molecular weight is 530 g/mol. The fourth-order valence-corrected chi connectivity index (χ4v) is 5.33. The van der Waals surface area contributed by atoms with Crippen LogP contribution in [0, 0.1) is 5.92 Å². The van der Waals surface area contributed by atoms with Crippen LogP contribution >= 0.6 is 0 Å². The lowest BCUT2D eigenvalue weighted by Crippen LogP contribution is -2.41. The van der Waals surface area contributed by atoms with Gasteiger partial charge in [-0.2, -0.15) is 10.2 Å². The Balaban J connectivity index is 1.36. The van der Waals surface area contributed by atoms with Crippen LogP contribution in [0.3, 0.4) is 0 Å². The normalized spacial score (nSPS) is 19.4. The summed E-state index contributed by atoms with van der Waals surface area (Å²) in [5.41, 5.74) is 3.92. The second kappa shape index (κ2) is 12.1. The van der Waals surface area contributed by atoms with Gasteiger partial charge in [0.15, 0.2) is 11.5 Å². The fourth-order valence-electron chi connectivity index (χ4n) is 5.33. The molecule has 9 heteroatoms. The number of aromatic amines is 1. The lowest BCUT2D eigenvalue weighted by atomic mass is 9.87. The van der Waals surface area contributed by atoms with Crippen LogP contribution in [0.1, 0.15) is 67.1 Å². The Kier molecular flexibility index (Phi) is 8.24. The van der Waals surface area contributed by atoms with Crippen molar-refractivity contribution in [3.63, 3.8) is 0 Å². The van der Waals surface area contributed by atoms with E-state index >= 15 is 0 Å². The molecule has 2 atom stereocenters. The van der Waals surface area contributed by atoms with Crippen LogP contribution in [0.15, 0.2) is 59.8 Å². The molecule has 2 heterocycles. The molecule has 1 amide bonds. The van der Waals surface area contributed by atoms with Gasteiger partial charge in [-0.25, -0.2) is 0 Å². The molecular formula is C30H35N5O4. The van der Waals surface area contributed by atoms with Crippen LogP contribution in [0.5, 0.6) is 11.5 Å². The second-order valence-corrected chi connectivity index (χ2v) is 10.1. The van der Waals surface area contributed by atoms with E-state index in [9.17, 15) is 9.59 Å². The number of H-pyrrole nitrogens is 1. The molecule has 1 fully saturated rings. The maximum absolute atomic E-state index is 12.3. The van der Waals surface area contributed by atoms with Gasteiger partial charge in [0, 0.05) is 23.4 Å². The zero-order valence-electron chi connectivity index (χ0n) is 22.4. The minimum atomic E-state index is -0.315. The van der Waals surface area contributed by atoms with E-state index in [-0.39, 0.29) is 24.0 Å². The highest BCUT2D eigenvalue weighted by atomic mass is 16.5. The molecule has 2 aliphatic rings. The number of aldehydes is 1. The van der Waals surface area contributed by atoms with Gasteiger partial charge in [0.2, 0.25) is 0 Å². The van der Waals surface area contributed by atoms with Crippen molar-refractivity contribution in [1.82, 2.24) is 15.2 Å². The Hall–Kier alpha value is -4.14. The lowest BCUT2D eigenvalue weighted by Gasteiger charge is -2.35. The summed E-state index contributed by atoms with van der Waals surface area (Å²) in [4.78, 5) is 24.4. The number of aromatic nitrogens is 2. The van der Waals surface area contributed by atoms with Crippen molar-refractivity contribution >= 4 is 23.6 Å². The summed E-state index contributed by atoms with van der Waals surface area (Å²) in [7, 11) is 1.66. The highest BCUT2D eigenvalue weighted by molar-refractivity contribution is 6.03. The van der Waals surface area contributed by atoms with Gasteiger partial charge < -0.3 is 19.6 Å². The first-order valence-electron chi connectivity index (χ1n) is 13.6. The number of methoxy groups -OCH3 is 1. The maximum atomic E-state index is 12.3. The van der Waals surface area contributed by atoms with Crippen molar-refractivity contribution in [1.29, 1.82) is 0 Å². The molecule has 1 aromatic heterocycles. The maximum Gasteiger partial charge on any atom is 0.276 e. The number of rotatable bonds is 10. The van der Waals surface area contributed by atoms with E-state index in [0.717, 1.165) is 53.9 Å². The van der Waals surface area contributed by atoms with Crippen molar-refractivity contribution in [3.8, 4) is 11.5 Å². The average Bonchev–Trinajstić information content (AvgIpc) is 3.69.